The SMILES string of the molecule is CC(C)n1c(N)nnc1SCC(=O)N(C)C1CCCCC1. The molecule has 0 aliphatic heterocycles. The van der Waals surface area contributed by atoms with E-state index in [1.165, 1.54) is 31.0 Å². The van der Waals surface area contributed by atoms with E-state index in [2.05, 4.69) is 10.2 Å². The van der Waals surface area contributed by atoms with Gasteiger partial charge in [-0.1, -0.05) is 31.0 Å². The summed E-state index contributed by atoms with van der Waals surface area (Å²) in [5.74, 6) is 0.946. The van der Waals surface area contributed by atoms with Crippen molar-refractivity contribution in [2.75, 3.05) is 18.5 Å². The van der Waals surface area contributed by atoms with Gasteiger partial charge in [0.25, 0.3) is 0 Å². The van der Waals surface area contributed by atoms with E-state index >= 15 is 0 Å². The second-order valence-corrected chi connectivity index (χ2v) is 6.83. The Bertz CT molecular complexity index is 482. The molecule has 21 heavy (non-hydrogen) atoms. The first-order valence-electron chi connectivity index (χ1n) is 7.59. The molecular formula is C14H25N5OS. The number of nitrogens with two attached hydrogens (primary N) is 1. The van der Waals surface area contributed by atoms with E-state index in [1.54, 1.807) is 0 Å². The van der Waals surface area contributed by atoms with Gasteiger partial charge in [-0.25, -0.2) is 0 Å². The van der Waals surface area contributed by atoms with Crippen molar-refractivity contribution in [1.29, 1.82) is 0 Å². The number of anilines is 1. The number of aromatic nitrogens is 3. The molecule has 1 fully saturated rings. The van der Waals surface area contributed by atoms with Crippen molar-refractivity contribution in [3.8, 4) is 0 Å². The Hall–Kier alpha value is -1.24. The summed E-state index contributed by atoms with van der Waals surface area (Å²) in [7, 11) is 1.92. The molecule has 0 bridgehead atoms. The summed E-state index contributed by atoms with van der Waals surface area (Å²) in [5, 5.41) is 8.67. The van der Waals surface area contributed by atoms with Crippen LogP contribution in [0.4, 0.5) is 5.95 Å². The number of thioether (sulfide) groups is 1. The van der Waals surface area contributed by atoms with Gasteiger partial charge in [0, 0.05) is 19.1 Å². The Morgan fingerprint density at radius 3 is 2.67 bits per heavy atom. The maximum atomic E-state index is 12.3. The fourth-order valence-corrected chi connectivity index (χ4v) is 3.77. The van der Waals surface area contributed by atoms with Crippen LogP contribution in [-0.2, 0) is 4.79 Å². The Morgan fingerprint density at radius 1 is 1.38 bits per heavy atom. The second-order valence-electron chi connectivity index (χ2n) is 5.89. The molecule has 1 saturated carbocycles. The van der Waals surface area contributed by atoms with Crippen LogP contribution in [0.5, 0.6) is 0 Å². The Balaban J connectivity index is 1.91. The fourth-order valence-electron chi connectivity index (χ4n) is 2.77. The minimum atomic E-state index is 0.156. The highest BCUT2D eigenvalue weighted by Gasteiger charge is 2.23. The molecule has 1 heterocycles. The number of hydrogen-bond donors (Lipinski definition) is 1. The molecule has 1 aromatic rings. The number of amides is 1. The number of carbonyl (C=O) groups excluding carboxylic acids is 1. The zero-order valence-electron chi connectivity index (χ0n) is 13.1. The van der Waals surface area contributed by atoms with Crippen molar-refractivity contribution in [2.45, 2.75) is 63.2 Å². The maximum Gasteiger partial charge on any atom is 0.233 e. The van der Waals surface area contributed by atoms with Crippen LogP contribution in [-0.4, -0.2) is 44.4 Å². The normalized spacial score (nSPS) is 16.4. The fraction of sp³-hybridized carbons (Fsp3) is 0.786. The number of nitrogen functional groups attached to an aromatic ring is 1. The average Bonchev–Trinajstić information content (AvgIpc) is 2.86. The summed E-state index contributed by atoms with van der Waals surface area (Å²) in [4.78, 5) is 14.2. The van der Waals surface area contributed by atoms with E-state index in [0.29, 0.717) is 22.9 Å². The molecule has 1 aliphatic rings. The number of hydrogen-bond acceptors (Lipinski definition) is 5. The summed E-state index contributed by atoms with van der Waals surface area (Å²) in [6, 6.07) is 0.591. The highest BCUT2D eigenvalue weighted by molar-refractivity contribution is 7.99. The third-order valence-corrected chi connectivity index (χ3v) is 4.98. The number of nitrogens with zero attached hydrogens (tertiary/aromatic N) is 4. The minimum Gasteiger partial charge on any atom is -0.368 e. The third kappa shape index (κ3) is 3.90. The summed E-state index contributed by atoms with van der Waals surface area (Å²) in [6.07, 6.45) is 6.01. The molecule has 0 atom stereocenters. The molecule has 1 amide bonds. The van der Waals surface area contributed by atoms with Crippen LogP contribution in [0.3, 0.4) is 0 Å². The largest absolute Gasteiger partial charge is 0.368 e. The Labute approximate surface area is 130 Å². The molecule has 1 aromatic heterocycles. The van der Waals surface area contributed by atoms with Crippen molar-refractivity contribution in [3.05, 3.63) is 0 Å². The van der Waals surface area contributed by atoms with Crippen LogP contribution in [0.2, 0.25) is 0 Å². The van der Waals surface area contributed by atoms with Crippen molar-refractivity contribution in [3.63, 3.8) is 0 Å². The number of rotatable bonds is 5. The zero-order chi connectivity index (χ0) is 15.4. The molecule has 2 rings (SSSR count). The van der Waals surface area contributed by atoms with Gasteiger partial charge in [0.2, 0.25) is 11.9 Å². The molecule has 0 spiro atoms. The molecule has 0 radical (unpaired) electrons. The second kappa shape index (κ2) is 7.15. The molecular weight excluding hydrogens is 286 g/mol. The predicted octanol–water partition coefficient (Wildman–Crippen LogP) is 2.32. The Kier molecular flexibility index (Phi) is 5.50. The monoisotopic (exact) mass is 311 g/mol. The van der Waals surface area contributed by atoms with Gasteiger partial charge in [-0.05, 0) is 26.7 Å². The summed E-state index contributed by atoms with van der Waals surface area (Å²) < 4.78 is 1.86. The lowest BCUT2D eigenvalue weighted by atomic mass is 9.94. The predicted molar refractivity (Wildman–Crippen MR) is 85.2 cm³/mol. The van der Waals surface area contributed by atoms with Crippen LogP contribution in [0, 0.1) is 0 Å². The first-order chi connectivity index (χ1) is 10.0. The molecule has 1 aliphatic carbocycles. The van der Waals surface area contributed by atoms with Crippen LogP contribution in [0.1, 0.15) is 52.0 Å². The molecule has 0 unspecified atom stereocenters. The van der Waals surface area contributed by atoms with Crippen molar-refractivity contribution >= 4 is 23.6 Å². The standard InChI is InChI=1S/C14H25N5OS/c1-10(2)19-13(15)16-17-14(19)21-9-12(20)18(3)11-7-5-4-6-8-11/h10-11H,4-9H2,1-3H3,(H2,15,16). The lowest BCUT2D eigenvalue weighted by molar-refractivity contribution is -0.129. The van der Waals surface area contributed by atoms with Crippen molar-refractivity contribution < 1.29 is 4.79 Å². The first kappa shape index (κ1) is 16.1. The lowest BCUT2D eigenvalue weighted by Crippen LogP contribution is -2.39. The highest BCUT2D eigenvalue weighted by Crippen LogP contribution is 2.25. The smallest absolute Gasteiger partial charge is 0.233 e. The summed E-state index contributed by atoms with van der Waals surface area (Å²) in [6.45, 7) is 4.06. The molecule has 0 saturated heterocycles. The summed E-state index contributed by atoms with van der Waals surface area (Å²) >= 11 is 1.41. The van der Waals surface area contributed by atoms with E-state index < -0.39 is 0 Å². The van der Waals surface area contributed by atoms with Gasteiger partial charge in [-0.2, -0.15) is 0 Å². The van der Waals surface area contributed by atoms with E-state index in [9.17, 15) is 4.79 Å². The number of carbonyl (C=O) groups is 1. The molecule has 7 heteroatoms. The maximum absolute atomic E-state index is 12.3. The van der Waals surface area contributed by atoms with Gasteiger partial charge in [0.15, 0.2) is 5.16 Å². The van der Waals surface area contributed by atoms with Crippen LogP contribution in [0.25, 0.3) is 0 Å². The van der Waals surface area contributed by atoms with Crippen LogP contribution in [0.15, 0.2) is 5.16 Å². The topological polar surface area (TPSA) is 77.0 Å². The molecule has 6 nitrogen and oxygen atoms in total. The quantitative estimate of drug-likeness (QED) is 0.844. The third-order valence-electron chi connectivity index (χ3n) is 4.05. The molecule has 118 valence electrons. The highest BCUT2D eigenvalue weighted by atomic mass is 32.2. The molecule has 0 aromatic carbocycles. The van der Waals surface area contributed by atoms with Gasteiger partial charge in [0.05, 0.1) is 5.75 Å². The summed E-state index contributed by atoms with van der Waals surface area (Å²) in [5.41, 5.74) is 5.81. The Morgan fingerprint density at radius 2 is 2.05 bits per heavy atom. The van der Waals surface area contributed by atoms with E-state index in [-0.39, 0.29) is 11.9 Å². The minimum absolute atomic E-state index is 0.156. The van der Waals surface area contributed by atoms with Crippen LogP contribution < -0.4 is 5.73 Å². The van der Waals surface area contributed by atoms with Gasteiger partial charge in [0.1, 0.15) is 0 Å². The zero-order valence-corrected chi connectivity index (χ0v) is 13.9. The van der Waals surface area contributed by atoms with Crippen molar-refractivity contribution in [1.82, 2.24) is 19.7 Å². The first-order valence-corrected chi connectivity index (χ1v) is 8.58. The van der Waals surface area contributed by atoms with Crippen LogP contribution >= 0.6 is 11.8 Å². The lowest BCUT2D eigenvalue weighted by Gasteiger charge is -2.31. The molecule has 2 N–H and O–H groups in total. The van der Waals surface area contributed by atoms with E-state index in [4.69, 9.17) is 5.73 Å². The average molecular weight is 311 g/mol. The van der Waals surface area contributed by atoms with Gasteiger partial charge in [-0.3, -0.25) is 9.36 Å². The van der Waals surface area contributed by atoms with Gasteiger partial charge in [-0.15, -0.1) is 10.2 Å². The van der Waals surface area contributed by atoms with Gasteiger partial charge >= 0.3 is 0 Å². The van der Waals surface area contributed by atoms with Crippen molar-refractivity contribution in [2.24, 2.45) is 0 Å². The van der Waals surface area contributed by atoms with E-state index in [0.717, 1.165) is 12.8 Å². The van der Waals surface area contributed by atoms with Gasteiger partial charge < -0.3 is 10.6 Å². The van der Waals surface area contributed by atoms with E-state index in [1.807, 2.05) is 30.4 Å².